The quantitative estimate of drug-likeness (QED) is 0.686. The lowest BCUT2D eigenvalue weighted by atomic mass is 10.1. The molecule has 0 radical (unpaired) electrons. The fraction of sp³-hybridized carbons (Fsp3) is 0.0526. The summed E-state index contributed by atoms with van der Waals surface area (Å²) in [5.74, 6) is 0. The Labute approximate surface area is 143 Å². The molecule has 23 heavy (non-hydrogen) atoms. The summed E-state index contributed by atoms with van der Waals surface area (Å²) < 4.78 is 2.48. The summed E-state index contributed by atoms with van der Waals surface area (Å²) in [5.41, 5.74) is 2.76. The molecule has 0 saturated heterocycles. The van der Waals surface area contributed by atoms with Crippen molar-refractivity contribution in [3.05, 3.63) is 93.2 Å². The molecular formula is C19H15BrN2O. The van der Waals surface area contributed by atoms with Crippen molar-refractivity contribution in [1.82, 2.24) is 9.78 Å². The van der Waals surface area contributed by atoms with Crippen molar-refractivity contribution in [2.24, 2.45) is 0 Å². The number of rotatable bonds is 4. The summed E-state index contributed by atoms with van der Waals surface area (Å²) in [6.45, 7) is 0.443. The Morgan fingerprint density at radius 1 is 0.957 bits per heavy atom. The van der Waals surface area contributed by atoms with Gasteiger partial charge in [0.25, 0.3) is 5.56 Å². The van der Waals surface area contributed by atoms with Crippen LogP contribution in [0.1, 0.15) is 5.56 Å². The van der Waals surface area contributed by atoms with Gasteiger partial charge in [-0.1, -0.05) is 70.5 Å². The number of allylic oxidation sites excluding steroid dienone is 1. The second kappa shape index (κ2) is 7.20. The molecule has 0 saturated carbocycles. The maximum Gasteiger partial charge on any atom is 0.267 e. The minimum absolute atomic E-state index is 0.108. The Hall–Kier alpha value is -2.46. The largest absolute Gasteiger partial charge is 0.268 e. The first kappa shape index (κ1) is 15.4. The van der Waals surface area contributed by atoms with Crippen LogP contribution < -0.4 is 5.56 Å². The van der Waals surface area contributed by atoms with Crippen LogP contribution in [0.2, 0.25) is 0 Å². The number of hydrogen-bond acceptors (Lipinski definition) is 2. The third-order valence-electron chi connectivity index (χ3n) is 3.39. The summed E-state index contributed by atoms with van der Waals surface area (Å²) in [6.07, 6.45) is 3.93. The third-order valence-corrected chi connectivity index (χ3v) is 3.92. The second-order valence-corrected chi connectivity index (χ2v) is 5.97. The molecule has 0 unspecified atom stereocenters. The van der Waals surface area contributed by atoms with E-state index < -0.39 is 0 Å². The number of halogens is 1. The first-order valence-corrected chi connectivity index (χ1v) is 8.07. The Morgan fingerprint density at radius 2 is 1.70 bits per heavy atom. The first-order valence-electron chi connectivity index (χ1n) is 7.28. The van der Waals surface area contributed by atoms with Gasteiger partial charge in [0.1, 0.15) is 0 Å². The molecule has 0 atom stereocenters. The van der Waals surface area contributed by atoms with E-state index in [1.807, 2.05) is 66.7 Å². The average molecular weight is 367 g/mol. The van der Waals surface area contributed by atoms with Gasteiger partial charge in [0.15, 0.2) is 0 Å². The van der Waals surface area contributed by atoms with Crippen molar-refractivity contribution >= 4 is 22.0 Å². The van der Waals surface area contributed by atoms with Crippen LogP contribution in [0.25, 0.3) is 17.3 Å². The fourth-order valence-electron chi connectivity index (χ4n) is 2.21. The number of aromatic nitrogens is 2. The van der Waals surface area contributed by atoms with Gasteiger partial charge in [0.2, 0.25) is 0 Å². The van der Waals surface area contributed by atoms with Crippen LogP contribution in [0.3, 0.4) is 0 Å². The zero-order chi connectivity index (χ0) is 16.1. The number of nitrogens with zero attached hydrogens (tertiary/aromatic N) is 2. The average Bonchev–Trinajstić information content (AvgIpc) is 2.58. The van der Waals surface area contributed by atoms with Crippen molar-refractivity contribution in [2.45, 2.75) is 6.54 Å². The Bertz CT molecular complexity index is 868. The molecule has 4 heteroatoms. The topological polar surface area (TPSA) is 34.9 Å². The molecule has 0 spiro atoms. The maximum atomic E-state index is 12.0. The Kier molecular flexibility index (Phi) is 4.83. The van der Waals surface area contributed by atoms with Gasteiger partial charge >= 0.3 is 0 Å². The third kappa shape index (κ3) is 4.05. The van der Waals surface area contributed by atoms with Gasteiger partial charge in [0, 0.05) is 16.1 Å². The van der Waals surface area contributed by atoms with E-state index in [-0.39, 0.29) is 5.56 Å². The predicted molar refractivity (Wildman–Crippen MR) is 97.1 cm³/mol. The highest BCUT2D eigenvalue weighted by Gasteiger charge is 2.02. The van der Waals surface area contributed by atoms with E-state index in [9.17, 15) is 4.79 Å². The summed E-state index contributed by atoms with van der Waals surface area (Å²) in [7, 11) is 0. The second-order valence-electron chi connectivity index (χ2n) is 5.06. The van der Waals surface area contributed by atoms with E-state index in [2.05, 4.69) is 21.0 Å². The van der Waals surface area contributed by atoms with E-state index in [1.165, 1.54) is 4.68 Å². The molecule has 1 aromatic heterocycles. The zero-order valence-corrected chi connectivity index (χ0v) is 14.0. The molecule has 1 heterocycles. The van der Waals surface area contributed by atoms with Gasteiger partial charge in [-0.2, -0.15) is 5.10 Å². The van der Waals surface area contributed by atoms with Gasteiger partial charge < -0.3 is 0 Å². The predicted octanol–water partition coefficient (Wildman–Crippen LogP) is 4.39. The minimum Gasteiger partial charge on any atom is -0.268 e. The van der Waals surface area contributed by atoms with Crippen molar-refractivity contribution in [2.75, 3.05) is 0 Å². The first-order chi connectivity index (χ1) is 11.2. The summed E-state index contributed by atoms with van der Waals surface area (Å²) in [6, 6.07) is 21.2. The van der Waals surface area contributed by atoms with Crippen molar-refractivity contribution in [3.63, 3.8) is 0 Å². The molecule has 0 amide bonds. The lowest BCUT2D eigenvalue weighted by Crippen LogP contribution is -2.21. The smallest absolute Gasteiger partial charge is 0.267 e. The Balaban J connectivity index is 1.82. The van der Waals surface area contributed by atoms with Crippen molar-refractivity contribution in [1.29, 1.82) is 0 Å². The molecular weight excluding hydrogens is 352 g/mol. The molecule has 0 aliphatic carbocycles. The van der Waals surface area contributed by atoms with E-state index >= 15 is 0 Å². The lowest BCUT2D eigenvalue weighted by molar-refractivity contribution is 0.656. The molecule has 114 valence electrons. The van der Waals surface area contributed by atoms with E-state index in [0.29, 0.717) is 6.54 Å². The molecule has 0 N–H and O–H groups in total. The monoisotopic (exact) mass is 366 g/mol. The van der Waals surface area contributed by atoms with Crippen LogP contribution in [0.4, 0.5) is 0 Å². The van der Waals surface area contributed by atoms with Gasteiger partial charge in [-0.3, -0.25) is 4.79 Å². The van der Waals surface area contributed by atoms with Gasteiger partial charge in [-0.25, -0.2) is 4.68 Å². The van der Waals surface area contributed by atoms with Crippen molar-refractivity contribution < 1.29 is 0 Å². The van der Waals surface area contributed by atoms with Crippen LogP contribution in [0, 0.1) is 0 Å². The molecule has 3 nitrogen and oxygen atoms in total. The molecule has 0 bridgehead atoms. The van der Waals surface area contributed by atoms with Crippen LogP contribution in [-0.4, -0.2) is 9.78 Å². The van der Waals surface area contributed by atoms with Crippen LogP contribution in [-0.2, 0) is 6.54 Å². The summed E-state index contributed by atoms with van der Waals surface area (Å²) >= 11 is 3.42. The summed E-state index contributed by atoms with van der Waals surface area (Å²) in [5, 5.41) is 4.44. The van der Waals surface area contributed by atoms with E-state index in [0.717, 1.165) is 21.3 Å². The molecule has 0 aliphatic rings. The van der Waals surface area contributed by atoms with Crippen LogP contribution in [0.5, 0.6) is 0 Å². The van der Waals surface area contributed by atoms with Crippen LogP contribution >= 0.6 is 15.9 Å². The van der Waals surface area contributed by atoms with Gasteiger partial charge in [-0.05, 0) is 23.8 Å². The molecule has 3 rings (SSSR count). The SMILES string of the molecule is O=c1ccc(-c2ccc(Br)cc2)nn1C/C=C/c1ccccc1. The van der Waals surface area contributed by atoms with Crippen LogP contribution in [0.15, 0.2) is 82.1 Å². The minimum atomic E-state index is -0.108. The highest BCUT2D eigenvalue weighted by Crippen LogP contribution is 2.18. The van der Waals surface area contributed by atoms with E-state index in [1.54, 1.807) is 12.1 Å². The van der Waals surface area contributed by atoms with Gasteiger partial charge in [-0.15, -0.1) is 0 Å². The normalized spacial score (nSPS) is 11.0. The molecule has 0 aliphatic heterocycles. The Morgan fingerprint density at radius 3 is 2.43 bits per heavy atom. The molecule has 3 aromatic rings. The standard InChI is InChI=1S/C19H15BrN2O/c20-17-10-8-16(9-11-17)18-12-13-19(23)22(21-18)14-4-7-15-5-2-1-3-6-15/h1-13H,14H2/b7-4+. The fourth-order valence-corrected chi connectivity index (χ4v) is 2.47. The molecule has 0 fully saturated rings. The highest BCUT2D eigenvalue weighted by atomic mass is 79.9. The molecule has 2 aromatic carbocycles. The van der Waals surface area contributed by atoms with E-state index in [4.69, 9.17) is 0 Å². The maximum absolute atomic E-state index is 12.0. The number of benzene rings is 2. The van der Waals surface area contributed by atoms with Gasteiger partial charge in [0.05, 0.1) is 12.2 Å². The number of hydrogen-bond donors (Lipinski definition) is 0. The highest BCUT2D eigenvalue weighted by molar-refractivity contribution is 9.10. The summed E-state index contributed by atoms with van der Waals surface area (Å²) in [4.78, 5) is 12.0. The zero-order valence-electron chi connectivity index (χ0n) is 12.4. The lowest BCUT2D eigenvalue weighted by Gasteiger charge is -2.05. The van der Waals surface area contributed by atoms with Crippen molar-refractivity contribution in [3.8, 4) is 11.3 Å².